The Morgan fingerprint density at radius 2 is 1.50 bits per heavy atom. The third-order valence-electron chi connectivity index (χ3n) is 7.37. The van der Waals surface area contributed by atoms with Crippen molar-refractivity contribution in [3.63, 3.8) is 0 Å². The standard InChI is InChI=1S/C22H34N2/c1-18(2)19-8-10-20(11-9-19)23-15-12-22(13-16-23)14-17-24(22)21-6-4-3-5-7-21/h3-7,18-20H,8-17H2,1-2H3/t19-,20+. The highest BCUT2D eigenvalue weighted by Crippen LogP contribution is 2.44. The molecule has 0 atom stereocenters. The lowest BCUT2D eigenvalue weighted by Gasteiger charge is -2.58. The van der Waals surface area contributed by atoms with Gasteiger partial charge in [0, 0.05) is 36.9 Å². The van der Waals surface area contributed by atoms with Crippen LogP contribution in [0.3, 0.4) is 0 Å². The van der Waals surface area contributed by atoms with Crippen LogP contribution in [0, 0.1) is 11.8 Å². The Morgan fingerprint density at radius 1 is 0.875 bits per heavy atom. The number of benzene rings is 1. The SMILES string of the molecule is CC(C)[C@H]1CC[C@@H](N2CCC3(CCN3c3ccccc3)CC2)CC1. The van der Waals surface area contributed by atoms with Gasteiger partial charge in [0.2, 0.25) is 0 Å². The number of piperidine rings is 1. The van der Waals surface area contributed by atoms with Crippen LogP contribution in [0.25, 0.3) is 0 Å². The highest BCUT2D eigenvalue weighted by atomic mass is 15.3. The maximum Gasteiger partial charge on any atom is 0.0443 e. The maximum atomic E-state index is 2.84. The van der Waals surface area contributed by atoms with Gasteiger partial charge in [-0.15, -0.1) is 0 Å². The van der Waals surface area contributed by atoms with E-state index in [2.05, 4.69) is 54.0 Å². The lowest BCUT2D eigenvalue weighted by molar-refractivity contribution is 0.0580. The van der Waals surface area contributed by atoms with Crippen LogP contribution in [0.5, 0.6) is 0 Å². The summed E-state index contributed by atoms with van der Waals surface area (Å²) in [7, 11) is 0. The van der Waals surface area contributed by atoms with E-state index in [0.29, 0.717) is 5.54 Å². The zero-order valence-electron chi connectivity index (χ0n) is 15.6. The average Bonchev–Trinajstić information content (AvgIpc) is 2.62. The van der Waals surface area contributed by atoms with E-state index in [1.807, 2.05) is 0 Å². The molecular formula is C22H34N2. The molecule has 1 saturated carbocycles. The number of rotatable bonds is 3. The van der Waals surface area contributed by atoms with Crippen molar-refractivity contribution < 1.29 is 0 Å². The molecule has 132 valence electrons. The average molecular weight is 327 g/mol. The summed E-state index contributed by atoms with van der Waals surface area (Å²) in [5.74, 6) is 1.86. The summed E-state index contributed by atoms with van der Waals surface area (Å²) in [4.78, 5) is 5.53. The van der Waals surface area contributed by atoms with Gasteiger partial charge < -0.3 is 9.80 Å². The zero-order chi connectivity index (χ0) is 16.6. The fourth-order valence-electron chi connectivity index (χ4n) is 5.51. The predicted molar refractivity (Wildman–Crippen MR) is 103 cm³/mol. The van der Waals surface area contributed by atoms with Gasteiger partial charge in [0.25, 0.3) is 0 Å². The first-order valence-electron chi connectivity index (χ1n) is 10.2. The lowest BCUT2D eigenvalue weighted by atomic mass is 9.74. The molecule has 2 saturated heterocycles. The molecule has 1 aromatic carbocycles. The van der Waals surface area contributed by atoms with Crippen molar-refractivity contribution in [2.24, 2.45) is 11.8 Å². The van der Waals surface area contributed by atoms with Crippen LogP contribution in [0.1, 0.15) is 58.8 Å². The fourth-order valence-corrected chi connectivity index (χ4v) is 5.51. The van der Waals surface area contributed by atoms with E-state index >= 15 is 0 Å². The van der Waals surface area contributed by atoms with Gasteiger partial charge in [-0.3, -0.25) is 0 Å². The second kappa shape index (κ2) is 6.71. The Kier molecular flexibility index (Phi) is 4.60. The molecule has 24 heavy (non-hydrogen) atoms. The highest BCUT2D eigenvalue weighted by Gasteiger charge is 2.47. The number of nitrogens with zero attached hydrogens (tertiary/aromatic N) is 2. The molecule has 2 heterocycles. The molecule has 0 N–H and O–H groups in total. The van der Waals surface area contributed by atoms with E-state index in [1.54, 1.807) is 0 Å². The number of hydrogen-bond donors (Lipinski definition) is 0. The van der Waals surface area contributed by atoms with Gasteiger partial charge in [0.1, 0.15) is 0 Å². The molecule has 0 aromatic heterocycles. The summed E-state index contributed by atoms with van der Waals surface area (Å²) >= 11 is 0. The van der Waals surface area contributed by atoms with E-state index in [0.717, 1.165) is 17.9 Å². The van der Waals surface area contributed by atoms with Gasteiger partial charge in [-0.05, 0) is 68.9 Å². The Hall–Kier alpha value is -1.02. The molecule has 0 amide bonds. The van der Waals surface area contributed by atoms with Crippen LogP contribution in [0.2, 0.25) is 0 Å². The topological polar surface area (TPSA) is 6.48 Å². The van der Waals surface area contributed by atoms with Crippen molar-refractivity contribution in [3.05, 3.63) is 30.3 Å². The Labute approximate surface area is 148 Å². The lowest BCUT2D eigenvalue weighted by Crippen LogP contribution is -2.65. The molecule has 2 heteroatoms. The number of likely N-dealkylation sites (tertiary alicyclic amines) is 1. The van der Waals surface area contributed by atoms with Gasteiger partial charge in [-0.25, -0.2) is 0 Å². The summed E-state index contributed by atoms with van der Waals surface area (Å²) in [6.07, 6.45) is 9.94. The van der Waals surface area contributed by atoms with Crippen molar-refractivity contribution in [2.75, 3.05) is 24.5 Å². The smallest absolute Gasteiger partial charge is 0.0443 e. The third-order valence-corrected chi connectivity index (χ3v) is 7.37. The summed E-state index contributed by atoms with van der Waals surface area (Å²) in [6.45, 7) is 8.71. The quantitative estimate of drug-likeness (QED) is 0.776. The molecule has 1 spiro atoms. The summed E-state index contributed by atoms with van der Waals surface area (Å²) < 4.78 is 0. The fraction of sp³-hybridized carbons (Fsp3) is 0.727. The molecule has 0 bridgehead atoms. The minimum Gasteiger partial charge on any atom is -0.366 e. The van der Waals surface area contributed by atoms with E-state index in [-0.39, 0.29) is 0 Å². The van der Waals surface area contributed by atoms with E-state index in [1.165, 1.54) is 70.3 Å². The van der Waals surface area contributed by atoms with Crippen molar-refractivity contribution in [3.8, 4) is 0 Å². The van der Waals surface area contributed by atoms with Crippen LogP contribution in [-0.2, 0) is 0 Å². The van der Waals surface area contributed by atoms with Crippen LogP contribution in [0.4, 0.5) is 5.69 Å². The highest BCUT2D eigenvalue weighted by molar-refractivity contribution is 5.52. The van der Waals surface area contributed by atoms with Gasteiger partial charge in [0.05, 0.1) is 0 Å². The molecule has 2 aliphatic heterocycles. The van der Waals surface area contributed by atoms with Crippen molar-refractivity contribution >= 4 is 5.69 Å². The van der Waals surface area contributed by atoms with Crippen molar-refractivity contribution in [1.82, 2.24) is 4.90 Å². The third kappa shape index (κ3) is 2.98. The molecular weight excluding hydrogens is 292 g/mol. The summed E-state index contributed by atoms with van der Waals surface area (Å²) in [5.41, 5.74) is 1.92. The molecule has 1 aliphatic carbocycles. The molecule has 0 radical (unpaired) electrons. The summed E-state index contributed by atoms with van der Waals surface area (Å²) in [6, 6.07) is 12.0. The second-order valence-corrected chi connectivity index (χ2v) is 8.81. The van der Waals surface area contributed by atoms with Crippen molar-refractivity contribution in [1.29, 1.82) is 0 Å². The van der Waals surface area contributed by atoms with Crippen LogP contribution in [-0.4, -0.2) is 36.1 Å². The first kappa shape index (κ1) is 16.4. The first-order valence-corrected chi connectivity index (χ1v) is 10.2. The summed E-state index contributed by atoms with van der Waals surface area (Å²) in [5, 5.41) is 0. The largest absolute Gasteiger partial charge is 0.366 e. The minimum absolute atomic E-state index is 0.479. The zero-order valence-corrected chi connectivity index (χ0v) is 15.6. The molecule has 3 aliphatic rings. The number of hydrogen-bond acceptors (Lipinski definition) is 2. The van der Waals surface area contributed by atoms with Gasteiger partial charge in [-0.1, -0.05) is 32.0 Å². The minimum atomic E-state index is 0.479. The van der Waals surface area contributed by atoms with Gasteiger partial charge in [-0.2, -0.15) is 0 Å². The Balaban J connectivity index is 1.33. The second-order valence-electron chi connectivity index (χ2n) is 8.81. The monoisotopic (exact) mass is 326 g/mol. The Bertz CT molecular complexity index is 522. The normalized spacial score (nSPS) is 30.5. The van der Waals surface area contributed by atoms with Crippen LogP contribution >= 0.6 is 0 Å². The van der Waals surface area contributed by atoms with E-state index < -0.39 is 0 Å². The van der Waals surface area contributed by atoms with Crippen LogP contribution in [0.15, 0.2) is 30.3 Å². The Morgan fingerprint density at radius 3 is 2.04 bits per heavy atom. The predicted octanol–water partition coefficient (Wildman–Crippen LogP) is 4.95. The molecule has 0 unspecified atom stereocenters. The van der Waals surface area contributed by atoms with Gasteiger partial charge in [0.15, 0.2) is 0 Å². The van der Waals surface area contributed by atoms with E-state index in [9.17, 15) is 0 Å². The molecule has 1 aromatic rings. The number of anilines is 1. The number of para-hydroxylation sites is 1. The first-order chi connectivity index (χ1) is 11.7. The van der Waals surface area contributed by atoms with Gasteiger partial charge >= 0.3 is 0 Å². The molecule has 3 fully saturated rings. The molecule has 4 rings (SSSR count). The van der Waals surface area contributed by atoms with E-state index in [4.69, 9.17) is 0 Å². The maximum absolute atomic E-state index is 2.84. The van der Waals surface area contributed by atoms with Crippen molar-refractivity contribution in [2.45, 2.75) is 70.4 Å². The van der Waals surface area contributed by atoms with Crippen LogP contribution < -0.4 is 4.90 Å². The molecule has 2 nitrogen and oxygen atoms in total.